The molecule has 0 spiro atoms. The number of hydrogen-bond donors (Lipinski definition) is 1. The van der Waals surface area contributed by atoms with Gasteiger partial charge in [-0.05, 0) is 42.9 Å². The Kier molecular flexibility index (Phi) is 4.50. The normalized spacial score (nSPS) is 24.3. The molecule has 2 unspecified atom stereocenters. The van der Waals surface area contributed by atoms with Crippen LogP contribution in [0.3, 0.4) is 0 Å². The maximum absolute atomic E-state index is 13.8. The Morgan fingerprint density at radius 1 is 1.28 bits per heavy atom. The molecule has 0 saturated heterocycles. The second-order valence-electron chi connectivity index (χ2n) is 5.57. The summed E-state index contributed by atoms with van der Waals surface area (Å²) >= 11 is 5.77. The van der Waals surface area contributed by atoms with Crippen molar-refractivity contribution in [3.8, 4) is 0 Å². The largest absolute Gasteiger partial charge is 0.380 e. The van der Waals surface area contributed by atoms with Crippen molar-refractivity contribution in [1.82, 2.24) is 0 Å². The quantitative estimate of drug-likeness (QED) is 0.804. The summed E-state index contributed by atoms with van der Waals surface area (Å²) in [5.41, 5.74) is 0.581. The van der Waals surface area contributed by atoms with Crippen molar-refractivity contribution < 1.29 is 4.39 Å². The Labute approximate surface area is 114 Å². The minimum Gasteiger partial charge on any atom is -0.380 e. The van der Waals surface area contributed by atoms with Crippen LogP contribution in [0.25, 0.3) is 0 Å². The van der Waals surface area contributed by atoms with E-state index in [1.54, 1.807) is 12.1 Å². The lowest BCUT2D eigenvalue weighted by Crippen LogP contribution is -2.35. The molecule has 100 valence electrons. The van der Waals surface area contributed by atoms with Crippen LogP contribution in [0.15, 0.2) is 18.2 Å². The highest BCUT2D eigenvalue weighted by Gasteiger charge is 2.27. The van der Waals surface area contributed by atoms with Gasteiger partial charge in [-0.1, -0.05) is 38.3 Å². The molecule has 1 aliphatic rings. The van der Waals surface area contributed by atoms with Crippen molar-refractivity contribution in [2.75, 3.05) is 5.32 Å². The molecule has 1 saturated carbocycles. The molecular formula is C15H21ClFN. The van der Waals surface area contributed by atoms with Crippen LogP contribution in [0.2, 0.25) is 5.02 Å². The smallest absolute Gasteiger partial charge is 0.147 e. The van der Waals surface area contributed by atoms with Gasteiger partial charge in [0.2, 0.25) is 0 Å². The predicted molar refractivity (Wildman–Crippen MR) is 75.6 cm³/mol. The standard InChI is InChI=1S/C15H21ClFN/c1-10(2)12-5-3-4-6-14(12)18-15-8-7-11(16)9-13(15)17/h7-10,12,14,18H,3-6H2,1-2H3. The number of hydrogen-bond acceptors (Lipinski definition) is 1. The number of nitrogens with one attached hydrogen (secondary N) is 1. The van der Waals surface area contributed by atoms with Gasteiger partial charge in [-0.2, -0.15) is 0 Å². The van der Waals surface area contributed by atoms with Crippen molar-refractivity contribution in [2.45, 2.75) is 45.6 Å². The topological polar surface area (TPSA) is 12.0 Å². The minimum atomic E-state index is -0.254. The molecule has 1 nitrogen and oxygen atoms in total. The van der Waals surface area contributed by atoms with Gasteiger partial charge in [-0.15, -0.1) is 0 Å². The van der Waals surface area contributed by atoms with Gasteiger partial charge < -0.3 is 5.32 Å². The Morgan fingerprint density at radius 3 is 2.67 bits per heavy atom. The van der Waals surface area contributed by atoms with Gasteiger partial charge >= 0.3 is 0 Å². The average Bonchev–Trinajstić information content (AvgIpc) is 2.33. The first-order valence-corrected chi connectivity index (χ1v) is 7.17. The zero-order valence-corrected chi connectivity index (χ0v) is 11.8. The van der Waals surface area contributed by atoms with Crippen molar-refractivity contribution >= 4 is 17.3 Å². The second-order valence-corrected chi connectivity index (χ2v) is 6.00. The number of rotatable bonds is 3. The highest BCUT2D eigenvalue weighted by atomic mass is 35.5. The van der Waals surface area contributed by atoms with E-state index in [0.717, 1.165) is 6.42 Å². The molecule has 1 N–H and O–H groups in total. The summed E-state index contributed by atoms with van der Waals surface area (Å²) < 4.78 is 13.8. The summed E-state index contributed by atoms with van der Waals surface area (Å²) in [7, 11) is 0. The lowest BCUT2D eigenvalue weighted by Gasteiger charge is -2.35. The van der Waals surface area contributed by atoms with Crippen molar-refractivity contribution in [1.29, 1.82) is 0 Å². The Bertz CT molecular complexity index is 405. The first-order valence-electron chi connectivity index (χ1n) is 6.79. The number of benzene rings is 1. The molecule has 1 aromatic rings. The van der Waals surface area contributed by atoms with Crippen LogP contribution in [0, 0.1) is 17.7 Å². The third kappa shape index (κ3) is 3.17. The number of halogens is 2. The van der Waals surface area contributed by atoms with Crippen molar-refractivity contribution in [2.24, 2.45) is 11.8 Å². The lowest BCUT2D eigenvalue weighted by atomic mass is 9.78. The average molecular weight is 270 g/mol. The lowest BCUT2D eigenvalue weighted by molar-refractivity contribution is 0.253. The Hall–Kier alpha value is -0.760. The molecule has 2 rings (SSSR count). The summed E-state index contributed by atoms with van der Waals surface area (Å²) in [5.74, 6) is 1.02. The number of anilines is 1. The van der Waals surface area contributed by atoms with Crippen molar-refractivity contribution in [3.05, 3.63) is 29.0 Å². The van der Waals surface area contributed by atoms with Gasteiger partial charge in [0.15, 0.2) is 0 Å². The summed E-state index contributed by atoms with van der Waals surface area (Å²) in [6, 6.07) is 5.23. The first kappa shape index (κ1) is 13.7. The SMILES string of the molecule is CC(C)C1CCCCC1Nc1ccc(Cl)cc1F. The molecule has 0 heterocycles. The predicted octanol–water partition coefficient (Wildman–Crippen LogP) is 5.11. The molecule has 1 aromatic carbocycles. The van der Waals surface area contributed by atoms with Gasteiger partial charge in [0.1, 0.15) is 5.82 Å². The van der Waals surface area contributed by atoms with E-state index in [4.69, 9.17) is 11.6 Å². The van der Waals surface area contributed by atoms with E-state index in [1.165, 1.54) is 25.3 Å². The van der Waals surface area contributed by atoms with Crippen LogP contribution in [0.4, 0.5) is 10.1 Å². The summed E-state index contributed by atoms with van der Waals surface area (Å²) in [4.78, 5) is 0. The molecule has 0 bridgehead atoms. The first-order chi connectivity index (χ1) is 8.58. The van der Waals surface area contributed by atoms with Crippen LogP contribution in [0.5, 0.6) is 0 Å². The zero-order chi connectivity index (χ0) is 13.1. The fourth-order valence-corrected chi connectivity index (χ4v) is 3.10. The Balaban J connectivity index is 2.11. The molecule has 3 heteroatoms. The molecule has 1 fully saturated rings. The molecule has 18 heavy (non-hydrogen) atoms. The second kappa shape index (κ2) is 5.92. The van der Waals surface area contributed by atoms with Crippen LogP contribution in [0.1, 0.15) is 39.5 Å². The highest BCUT2D eigenvalue weighted by molar-refractivity contribution is 6.30. The van der Waals surface area contributed by atoms with Crippen molar-refractivity contribution in [3.63, 3.8) is 0 Å². The zero-order valence-electron chi connectivity index (χ0n) is 11.0. The summed E-state index contributed by atoms with van der Waals surface area (Å²) in [6.45, 7) is 4.51. The molecule has 0 aromatic heterocycles. The van der Waals surface area contributed by atoms with Gasteiger partial charge in [0.05, 0.1) is 5.69 Å². The van der Waals surface area contributed by atoms with Crippen LogP contribution in [-0.2, 0) is 0 Å². The van der Waals surface area contributed by atoms with E-state index in [2.05, 4.69) is 19.2 Å². The van der Waals surface area contributed by atoms with Gasteiger partial charge in [0, 0.05) is 11.1 Å². The molecule has 0 radical (unpaired) electrons. The fourth-order valence-electron chi connectivity index (χ4n) is 2.94. The minimum absolute atomic E-state index is 0.254. The Morgan fingerprint density at radius 2 is 2.00 bits per heavy atom. The van der Waals surface area contributed by atoms with Gasteiger partial charge in [0.25, 0.3) is 0 Å². The highest BCUT2D eigenvalue weighted by Crippen LogP contribution is 2.33. The maximum atomic E-state index is 13.8. The summed E-state index contributed by atoms with van der Waals surface area (Å²) in [5, 5.41) is 3.82. The van der Waals surface area contributed by atoms with E-state index in [0.29, 0.717) is 28.6 Å². The van der Waals surface area contributed by atoms with Crippen LogP contribution in [-0.4, -0.2) is 6.04 Å². The maximum Gasteiger partial charge on any atom is 0.147 e. The van der Waals surface area contributed by atoms with E-state index >= 15 is 0 Å². The van der Waals surface area contributed by atoms with E-state index in [1.807, 2.05) is 0 Å². The molecule has 1 aliphatic carbocycles. The van der Waals surface area contributed by atoms with E-state index < -0.39 is 0 Å². The third-order valence-corrected chi connectivity index (χ3v) is 4.18. The van der Waals surface area contributed by atoms with Crippen LogP contribution >= 0.6 is 11.6 Å². The van der Waals surface area contributed by atoms with E-state index in [9.17, 15) is 4.39 Å². The summed E-state index contributed by atoms with van der Waals surface area (Å²) in [6.07, 6.45) is 4.90. The van der Waals surface area contributed by atoms with Gasteiger partial charge in [-0.25, -0.2) is 4.39 Å². The third-order valence-electron chi connectivity index (χ3n) is 3.95. The molecule has 0 aliphatic heterocycles. The van der Waals surface area contributed by atoms with E-state index in [-0.39, 0.29) is 5.82 Å². The fraction of sp³-hybridized carbons (Fsp3) is 0.600. The molecule has 0 amide bonds. The molecular weight excluding hydrogens is 249 g/mol. The van der Waals surface area contributed by atoms with Crippen LogP contribution < -0.4 is 5.32 Å². The molecule has 2 atom stereocenters. The van der Waals surface area contributed by atoms with Gasteiger partial charge in [-0.3, -0.25) is 0 Å². The monoisotopic (exact) mass is 269 g/mol.